The van der Waals surface area contributed by atoms with Crippen molar-refractivity contribution in [3.8, 4) is 5.75 Å². The van der Waals surface area contributed by atoms with Crippen LogP contribution in [0.5, 0.6) is 5.75 Å². The predicted octanol–water partition coefficient (Wildman–Crippen LogP) is 2.80. The minimum Gasteiger partial charge on any atom is -0.495 e. The van der Waals surface area contributed by atoms with E-state index in [1.165, 1.54) is 0 Å². The molecule has 0 aromatic heterocycles. The number of nitrogens with zero attached hydrogens (tertiary/aromatic N) is 2. The molecule has 8 heteroatoms. The number of para-hydroxylation sites is 2. The lowest BCUT2D eigenvalue weighted by molar-refractivity contribution is -0.132. The van der Waals surface area contributed by atoms with Crippen molar-refractivity contribution in [2.24, 2.45) is 5.73 Å². The fourth-order valence-corrected chi connectivity index (χ4v) is 3.83. The Morgan fingerprint density at radius 2 is 1.76 bits per heavy atom. The molecule has 2 aromatic carbocycles. The summed E-state index contributed by atoms with van der Waals surface area (Å²) in [6.45, 7) is 2.57. The van der Waals surface area contributed by atoms with Crippen LogP contribution in [0.15, 0.2) is 48.5 Å². The number of amides is 3. The summed E-state index contributed by atoms with van der Waals surface area (Å²) < 4.78 is 5.44. The van der Waals surface area contributed by atoms with Gasteiger partial charge in [-0.3, -0.25) is 4.79 Å². The van der Waals surface area contributed by atoms with E-state index in [4.69, 9.17) is 22.1 Å². The fraction of sp³-hybridized carbons (Fsp3) is 0.333. The molecule has 1 fully saturated rings. The highest BCUT2D eigenvalue weighted by molar-refractivity contribution is 6.31. The van der Waals surface area contributed by atoms with Crippen molar-refractivity contribution in [1.29, 1.82) is 0 Å². The molecule has 1 saturated heterocycles. The smallest absolute Gasteiger partial charge is 0.312 e. The molecular formula is C21H25ClN4O3. The number of anilines is 1. The molecule has 3 amide bonds. The Morgan fingerprint density at radius 3 is 2.41 bits per heavy atom. The van der Waals surface area contributed by atoms with E-state index in [1.807, 2.05) is 30.3 Å². The summed E-state index contributed by atoms with van der Waals surface area (Å²) in [5.41, 5.74) is 7.00. The number of benzene rings is 2. The Bertz CT molecular complexity index is 869. The van der Waals surface area contributed by atoms with E-state index in [-0.39, 0.29) is 12.3 Å². The lowest BCUT2D eigenvalue weighted by Crippen LogP contribution is -2.49. The molecule has 0 aliphatic carbocycles. The number of methoxy groups -OCH3 is 1. The molecule has 0 bridgehead atoms. The molecule has 2 aromatic rings. The number of hydrogen-bond acceptors (Lipinski definition) is 4. The average Bonchev–Trinajstić information content (AvgIpc) is 2.73. The van der Waals surface area contributed by atoms with E-state index in [2.05, 4.69) is 10.2 Å². The average molecular weight is 417 g/mol. The van der Waals surface area contributed by atoms with Crippen molar-refractivity contribution >= 4 is 29.2 Å². The van der Waals surface area contributed by atoms with Gasteiger partial charge in [0.2, 0.25) is 5.91 Å². The Kier molecular flexibility index (Phi) is 6.82. The lowest BCUT2D eigenvalue weighted by Gasteiger charge is -2.37. The second-order valence-corrected chi connectivity index (χ2v) is 7.23. The monoisotopic (exact) mass is 416 g/mol. The number of carbonyl (C=O) groups excluding carboxylic acids is 2. The maximum atomic E-state index is 12.9. The molecule has 0 saturated carbocycles. The number of carbonyl (C=O) groups is 2. The van der Waals surface area contributed by atoms with Crippen molar-refractivity contribution < 1.29 is 14.3 Å². The van der Waals surface area contributed by atoms with Gasteiger partial charge in [0.15, 0.2) is 0 Å². The van der Waals surface area contributed by atoms with Gasteiger partial charge in [0.1, 0.15) is 5.75 Å². The molecule has 1 aliphatic rings. The number of primary amides is 1. The van der Waals surface area contributed by atoms with Crippen molar-refractivity contribution in [3.63, 3.8) is 0 Å². The van der Waals surface area contributed by atoms with Crippen molar-refractivity contribution in [1.82, 2.24) is 10.2 Å². The first-order chi connectivity index (χ1) is 14.0. The molecule has 1 atom stereocenters. The number of urea groups is 1. The van der Waals surface area contributed by atoms with Crippen molar-refractivity contribution in [3.05, 3.63) is 59.1 Å². The standard InChI is InChI=1S/C21H25ClN4O3/c1-29-19-9-5-4-8-18(19)25-10-12-26(13-11-25)20(27)14-17(24-21(23)28)15-6-2-3-7-16(15)22/h2-9,17H,10-14H2,1H3,(H3,23,24,28)/t17-/m1/s1. The van der Waals surface area contributed by atoms with Crippen LogP contribution in [0.2, 0.25) is 5.02 Å². The largest absolute Gasteiger partial charge is 0.495 e. The van der Waals surface area contributed by atoms with E-state index in [0.717, 1.165) is 11.4 Å². The molecule has 7 nitrogen and oxygen atoms in total. The van der Waals surface area contributed by atoms with E-state index in [1.54, 1.807) is 30.2 Å². The number of ether oxygens (including phenoxy) is 1. The number of hydrogen-bond donors (Lipinski definition) is 2. The Morgan fingerprint density at radius 1 is 1.10 bits per heavy atom. The van der Waals surface area contributed by atoms with Gasteiger partial charge in [-0.15, -0.1) is 0 Å². The van der Waals surface area contributed by atoms with Gasteiger partial charge in [0.25, 0.3) is 0 Å². The molecule has 1 aliphatic heterocycles. The number of rotatable bonds is 6. The first kappa shape index (κ1) is 20.8. The molecule has 154 valence electrons. The van der Waals surface area contributed by atoms with Gasteiger partial charge < -0.3 is 25.6 Å². The highest BCUT2D eigenvalue weighted by atomic mass is 35.5. The van der Waals surface area contributed by atoms with E-state index < -0.39 is 12.1 Å². The molecule has 3 N–H and O–H groups in total. The van der Waals surface area contributed by atoms with Crippen LogP contribution >= 0.6 is 11.6 Å². The molecule has 1 heterocycles. The lowest BCUT2D eigenvalue weighted by atomic mass is 10.0. The molecule has 3 rings (SSSR count). The van der Waals surface area contributed by atoms with Gasteiger partial charge in [-0.05, 0) is 23.8 Å². The van der Waals surface area contributed by atoms with E-state index in [0.29, 0.717) is 36.8 Å². The summed E-state index contributed by atoms with van der Waals surface area (Å²) in [6.07, 6.45) is 0.0985. The minimum absolute atomic E-state index is 0.0525. The zero-order valence-corrected chi connectivity index (χ0v) is 17.1. The quantitative estimate of drug-likeness (QED) is 0.757. The van der Waals surface area contributed by atoms with Gasteiger partial charge in [-0.2, -0.15) is 0 Å². The normalized spacial score (nSPS) is 15.0. The van der Waals surface area contributed by atoms with Crippen LogP contribution in [0.1, 0.15) is 18.0 Å². The molecule has 0 spiro atoms. The SMILES string of the molecule is COc1ccccc1N1CCN(C(=O)C[C@@H](NC(N)=O)c2ccccc2Cl)CC1. The van der Waals surface area contributed by atoms with Crippen LogP contribution in [0.4, 0.5) is 10.5 Å². The van der Waals surface area contributed by atoms with Crippen molar-refractivity contribution in [2.75, 3.05) is 38.2 Å². The summed E-state index contributed by atoms with van der Waals surface area (Å²) in [5.74, 6) is 0.764. The summed E-state index contributed by atoms with van der Waals surface area (Å²) in [7, 11) is 1.65. The third-order valence-corrected chi connectivity index (χ3v) is 5.38. The number of piperazine rings is 1. The zero-order valence-electron chi connectivity index (χ0n) is 16.3. The van der Waals surface area contributed by atoms with Crippen LogP contribution in [0, 0.1) is 0 Å². The molecule has 29 heavy (non-hydrogen) atoms. The maximum absolute atomic E-state index is 12.9. The number of halogens is 1. The Hall–Kier alpha value is -2.93. The first-order valence-corrected chi connectivity index (χ1v) is 9.83. The summed E-state index contributed by atoms with van der Waals surface area (Å²) >= 11 is 6.25. The van der Waals surface area contributed by atoms with Gasteiger partial charge in [0, 0.05) is 31.2 Å². The third kappa shape index (κ3) is 5.12. The third-order valence-electron chi connectivity index (χ3n) is 5.03. The Labute approximate surface area is 175 Å². The van der Waals surface area contributed by atoms with Crippen LogP contribution in [-0.2, 0) is 4.79 Å². The molecule has 0 radical (unpaired) electrons. The van der Waals surface area contributed by atoms with Gasteiger partial charge >= 0.3 is 6.03 Å². The van der Waals surface area contributed by atoms with E-state index >= 15 is 0 Å². The molecule has 0 unspecified atom stereocenters. The fourth-order valence-electron chi connectivity index (χ4n) is 3.56. The predicted molar refractivity (Wildman–Crippen MR) is 113 cm³/mol. The highest BCUT2D eigenvalue weighted by Crippen LogP contribution is 2.29. The Balaban J connectivity index is 1.65. The van der Waals surface area contributed by atoms with Crippen LogP contribution < -0.4 is 20.7 Å². The summed E-state index contributed by atoms with van der Waals surface area (Å²) in [5, 5.41) is 3.12. The number of nitrogens with one attached hydrogen (secondary N) is 1. The summed E-state index contributed by atoms with van der Waals surface area (Å²) in [6, 6.07) is 13.7. The van der Waals surface area contributed by atoms with Crippen LogP contribution in [0.25, 0.3) is 0 Å². The van der Waals surface area contributed by atoms with Crippen LogP contribution in [0.3, 0.4) is 0 Å². The topological polar surface area (TPSA) is 87.9 Å². The van der Waals surface area contributed by atoms with Gasteiger partial charge in [-0.1, -0.05) is 41.9 Å². The van der Waals surface area contributed by atoms with E-state index in [9.17, 15) is 9.59 Å². The van der Waals surface area contributed by atoms with Gasteiger partial charge in [-0.25, -0.2) is 4.79 Å². The maximum Gasteiger partial charge on any atom is 0.312 e. The van der Waals surface area contributed by atoms with Crippen LogP contribution in [-0.4, -0.2) is 50.1 Å². The second-order valence-electron chi connectivity index (χ2n) is 6.83. The zero-order chi connectivity index (χ0) is 20.8. The minimum atomic E-state index is -0.691. The molecular weight excluding hydrogens is 392 g/mol. The summed E-state index contributed by atoms with van der Waals surface area (Å²) in [4.78, 5) is 28.3. The second kappa shape index (κ2) is 9.52. The van der Waals surface area contributed by atoms with Crippen molar-refractivity contribution in [2.45, 2.75) is 12.5 Å². The number of nitrogens with two attached hydrogens (primary N) is 1. The van der Waals surface area contributed by atoms with Gasteiger partial charge in [0.05, 0.1) is 25.3 Å². The highest BCUT2D eigenvalue weighted by Gasteiger charge is 2.26. The first-order valence-electron chi connectivity index (χ1n) is 9.45.